The van der Waals surface area contributed by atoms with Crippen LogP contribution < -0.4 is 0 Å². The second-order valence-electron chi connectivity index (χ2n) is 8.24. The Labute approximate surface area is 143 Å². The number of hydrogen-bond acceptors (Lipinski definition) is 2. The van der Waals surface area contributed by atoms with Gasteiger partial charge in [0.15, 0.2) is 8.32 Å². The molecule has 1 saturated carbocycles. The average Bonchev–Trinajstić information content (AvgIpc) is 2.45. The van der Waals surface area contributed by atoms with E-state index < -0.39 is 8.32 Å². The number of ether oxygens (including phenoxy) is 1. The van der Waals surface area contributed by atoms with Gasteiger partial charge in [-0.3, -0.25) is 0 Å². The Balaban J connectivity index is 2.06. The molecule has 0 saturated heterocycles. The number of benzene rings is 1. The van der Waals surface area contributed by atoms with Crippen LogP contribution in [0.3, 0.4) is 0 Å². The minimum absolute atomic E-state index is 0.167. The van der Waals surface area contributed by atoms with Gasteiger partial charge in [0.1, 0.15) is 0 Å². The fourth-order valence-electron chi connectivity index (χ4n) is 2.89. The highest BCUT2D eigenvalue weighted by atomic mass is 28.4. The van der Waals surface area contributed by atoms with E-state index in [4.69, 9.17) is 9.16 Å². The smallest absolute Gasteiger partial charge is 0.192 e. The van der Waals surface area contributed by atoms with Crippen LogP contribution >= 0.6 is 0 Å². The van der Waals surface area contributed by atoms with E-state index >= 15 is 0 Å². The van der Waals surface area contributed by atoms with Gasteiger partial charge in [0, 0.05) is 0 Å². The maximum absolute atomic E-state index is 6.81. The van der Waals surface area contributed by atoms with E-state index in [1.807, 2.05) is 12.1 Å². The van der Waals surface area contributed by atoms with Crippen LogP contribution in [0.1, 0.15) is 45.6 Å². The van der Waals surface area contributed by atoms with E-state index in [0.29, 0.717) is 6.61 Å². The highest BCUT2D eigenvalue weighted by molar-refractivity contribution is 6.74. The molecule has 0 spiro atoms. The summed E-state index contributed by atoms with van der Waals surface area (Å²) in [5, 5.41) is 0.209. The van der Waals surface area contributed by atoms with Crippen molar-refractivity contribution in [1.82, 2.24) is 0 Å². The summed E-state index contributed by atoms with van der Waals surface area (Å²) in [7, 11) is -1.83. The van der Waals surface area contributed by atoms with Gasteiger partial charge in [-0.25, -0.2) is 0 Å². The molecular formula is C20H32O2Si. The first kappa shape index (κ1) is 18.4. The molecule has 0 heterocycles. The average molecular weight is 333 g/mol. The van der Waals surface area contributed by atoms with Crippen molar-refractivity contribution in [2.75, 3.05) is 0 Å². The molecule has 1 fully saturated rings. The number of rotatable bonds is 7. The molecule has 1 aliphatic rings. The van der Waals surface area contributed by atoms with Crippen molar-refractivity contribution in [3.05, 3.63) is 48.6 Å². The van der Waals surface area contributed by atoms with Crippen molar-refractivity contribution in [3.63, 3.8) is 0 Å². The molecule has 128 valence electrons. The van der Waals surface area contributed by atoms with E-state index in [1.54, 1.807) is 0 Å². The summed E-state index contributed by atoms with van der Waals surface area (Å²) in [6.07, 6.45) is 5.19. The predicted molar refractivity (Wildman–Crippen MR) is 100 cm³/mol. The molecule has 1 aromatic carbocycles. The molecule has 2 atom stereocenters. The summed E-state index contributed by atoms with van der Waals surface area (Å²) in [4.78, 5) is 0. The molecule has 3 heteroatoms. The monoisotopic (exact) mass is 332 g/mol. The first-order valence-electron chi connectivity index (χ1n) is 8.67. The molecule has 1 aliphatic carbocycles. The zero-order valence-corrected chi connectivity index (χ0v) is 16.4. The fraction of sp³-hybridized carbons (Fsp3) is 0.600. The lowest BCUT2D eigenvalue weighted by Crippen LogP contribution is -2.61. The Morgan fingerprint density at radius 1 is 1.26 bits per heavy atom. The first-order valence-corrected chi connectivity index (χ1v) is 11.6. The minimum Gasteiger partial charge on any atom is -0.408 e. The Hall–Kier alpha value is -0.903. The van der Waals surface area contributed by atoms with Gasteiger partial charge in [-0.05, 0) is 43.0 Å². The highest BCUT2D eigenvalue weighted by Gasteiger charge is 2.53. The summed E-state index contributed by atoms with van der Waals surface area (Å²) < 4.78 is 13.1. The molecule has 0 amide bonds. The molecule has 2 nitrogen and oxygen atoms in total. The third-order valence-corrected chi connectivity index (χ3v) is 9.99. The second kappa shape index (κ2) is 6.92. The molecule has 2 rings (SSSR count). The van der Waals surface area contributed by atoms with Crippen LogP contribution in [0.2, 0.25) is 18.1 Å². The van der Waals surface area contributed by atoms with Crippen LogP contribution in [0.15, 0.2) is 43.0 Å². The van der Waals surface area contributed by atoms with Crippen LogP contribution in [-0.4, -0.2) is 20.0 Å². The molecule has 0 aromatic heterocycles. The van der Waals surface area contributed by atoms with Crippen molar-refractivity contribution in [2.24, 2.45) is 0 Å². The SMILES string of the molecule is C=CC[C@@]1(O[Si](C)(C)C(C)(C)C)CC[C@H]1OCc1ccccc1. The van der Waals surface area contributed by atoms with Gasteiger partial charge >= 0.3 is 0 Å². The van der Waals surface area contributed by atoms with E-state index in [1.165, 1.54) is 5.56 Å². The lowest BCUT2D eigenvalue weighted by atomic mass is 9.74. The lowest BCUT2D eigenvalue weighted by molar-refractivity contribution is -0.166. The van der Waals surface area contributed by atoms with Crippen LogP contribution in [0.4, 0.5) is 0 Å². The third kappa shape index (κ3) is 4.14. The lowest BCUT2D eigenvalue weighted by Gasteiger charge is -2.54. The molecule has 0 radical (unpaired) electrons. The van der Waals surface area contributed by atoms with E-state index in [9.17, 15) is 0 Å². The van der Waals surface area contributed by atoms with Crippen LogP contribution in [0.25, 0.3) is 0 Å². The largest absolute Gasteiger partial charge is 0.408 e. The van der Waals surface area contributed by atoms with Crippen molar-refractivity contribution in [2.45, 2.75) is 76.5 Å². The molecule has 0 bridgehead atoms. The summed E-state index contributed by atoms with van der Waals surface area (Å²) in [5.41, 5.74) is 1.05. The van der Waals surface area contributed by atoms with Gasteiger partial charge in [-0.1, -0.05) is 57.2 Å². The van der Waals surface area contributed by atoms with Gasteiger partial charge in [0.2, 0.25) is 0 Å². The zero-order chi connectivity index (χ0) is 17.1. The van der Waals surface area contributed by atoms with Gasteiger partial charge in [0.05, 0.1) is 18.3 Å². The summed E-state index contributed by atoms with van der Waals surface area (Å²) in [6, 6.07) is 10.4. The van der Waals surface area contributed by atoms with Crippen LogP contribution in [-0.2, 0) is 15.8 Å². The van der Waals surface area contributed by atoms with Crippen LogP contribution in [0.5, 0.6) is 0 Å². The first-order chi connectivity index (χ1) is 10.7. The highest BCUT2D eigenvalue weighted by Crippen LogP contribution is 2.48. The summed E-state index contributed by atoms with van der Waals surface area (Å²) in [6.45, 7) is 16.1. The van der Waals surface area contributed by atoms with Gasteiger partial charge < -0.3 is 9.16 Å². The Bertz CT molecular complexity index is 518. The maximum Gasteiger partial charge on any atom is 0.192 e. The van der Waals surface area contributed by atoms with Gasteiger partial charge in [0.25, 0.3) is 0 Å². The standard InChI is InChI=1S/C20H32O2Si/c1-7-14-20(22-23(5,6)19(2,3)4)15-13-18(20)21-16-17-11-9-8-10-12-17/h7-12,18H,1,13-16H2,2-6H3/t18-,20-/m1/s1. The summed E-state index contributed by atoms with van der Waals surface area (Å²) in [5.74, 6) is 0. The van der Waals surface area contributed by atoms with Crippen molar-refractivity contribution >= 4 is 8.32 Å². The Kier molecular flexibility index (Phi) is 5.54. The summed E-state index contributed by atoms with van der Waals surface area (Å²) >= 11 is 0. The van der Waals surface area contributed by atoms with Crippen molar-refractivity contribution < 1.29 is 9.16 Å². The van der Waals surface area contributed by atoms with E-state index in [2.05, 4.69) is 64.7 Å². The molecule has 0 unspecified atom stereocenters. The quantitative estimate of drug-likeness (QED) is 0.471. The van der Waals surface area contributed by atoms with Crippen molar-refractivity contribution in [3.8, 4) is 0 Å². The van der Waals surface area contributed by atoms with Gasteiger partial charge in [-0.15, -0.1) is 6.58 Å². The molecule has 23 heavy (non-hydrogen) atoms. The minimum atomic E-state index is -1.83. The molecule has 1 aromatic rings. The Morgan fingerprint density at radius 3 is 2.39 bits per heavy atom. The number of hydrogen-bond donors (Lipinski definition) is 0. The van der Waals surface area contributed by atoms with Crippen molar-refractivity contribution in [1.29, 1.82) is 0 Å². The molecular weight excluding hydrogens is 300 g/mol. The predicted octanol–water partition coefficient (Wildman–Crippen LogP) is 5.70. The Morgan fingerprint density at radius 2 is 1.91 bits per heavy atom. The fourth-order valence-corrected chi connectivity index (χ4v) is 4.53. The molecule has 0 aliphatic heterocycles. The second-order valence-corrected chi connectivity index (χ2v) is 13.0. The van der Waals surface area contributed by atoms with Gasteiger partial charge in [-0.2, -0.15) is 0 Å². The van der Waals surface area contributed by atoms with E-state index in [0.717, 1.165) is 19.3 Å². The zero-order valence-electron chi connectivity index (χ0n) is 15.4. The third-order valence-electron chi connectivity index (χ3n) is 5.46. The van der Waals surface area contributed by atoms with E-state index in [-0.39, 0.29) is 16.7 Å². The molecule has 0 N–H and O–H groups in total. The topological polar surface area (TPSA) is 18.5 Å². The van der Waals surface area contributed by atoms with Crippen LogP contribution in [0, 0.1) is 0 Å². The normalized spacial score (nSPS) is 25.0. The maximum atomic E-state index is 6.81.